The van der Waals surface area contributed by atoms with Crippen LogP contribution in [0.1, 0.15) is 46.5 Å². The van der Waals surface area contributed by atoms with Gasteiger partial charge < -0.3 is 14.7 Å². The van der Waals surface area contributed by atoms with Gasteiger partial charge in [-0.3, -0.25) is 4.90 Å². The van der Waals surface area contributed by atoms with E-state index in [-0.39, 0.29) is 26.9 Å². The number of piperidine rings is 1. The summed E-state index contributed by atoms with van der Waals surface area (Å²) in [6.45, 7) is 9.81. The highest BCUT2D eigenvalue weighted by molar-refractivity contribution is 9.10. The van der Waals surface area contributed by atoms with Gasteiger partial charge in [-0.2, -0.15) is 9.97 Å². The second-order valence-corrected chi connectivity index (χ2v) is 11.6. The van der Waals surface area contributed by atoms with E-state index in [9.17, 15) is 9.50 Å². The number of hydrogen-bond acceptors (Lipinski definition) is 6. The summed E-state index contributed by atoms with van der Waals surface area (Å²) in [5.41, 5.74) is -0.932. The molecule has 0 amide bonds. The number of halogens is 3. The van der Waals surface area contributed by atoms with Gasteiger partial charge in [-0.15, -0.1) is 0 Å². The largest absolute Gasteiger partial charge is 0.461 e. The summed E-state index contributed by atoms with van der Waals surface area (Å²) in [7, 11) is 0. The standard InChI is InChI=1S/C24H31BrF2N4O2/c1-14-8-24(9-15(2)11-31(24)10-14)13-33-22-28-20-16(7-17(26)18(25)19(20)27)21(29-22)30-6-4-5-23(3,32)12-30/h7,14-15,32H,4-6,8-13H2,1-3H3/t14?,15?,23-,24?/m1/s1. The molecule has 3 aliphatic heterocycles. The second kappa shape index (κ2) is 8.27. The molecule has 2 unspecified atom stereocenters. The molecular weight excluding hydrogens is 494 g/mol. The molecule has 1 N–H and O–H groups in total. The number of nitrogens with zero attached hydrogens (tertiary/aromatic N) is 4. The van der Waals surface area contributed by atoms with Crippen molar-refractivity contribution in [2.75, 3.05) is 37.7 Å². The number of β-amino-alcohol motifs (C(OH)–C–C–N with tert-alkyl or cyclic N) is 1. The minimum Gasteiger partial charge on any atom is -0.461 e. The summed E-state index contributed by atoms with van der Waals surface area (Å²) in [4.78, 5) is 13.4. The van der Waals surface area contributed by atoms with E-state index < -0.39 is 17.2 Å². The molecule has 0 saturated carbocycles. The van der Waals surface area contributed by atoms with E-state index in [4.69, 9.17) is 4.74 Å². The highest BCUT2D eigenvalue weighted by atomic mass is 79.9. The van der Waals surface area contributed by atoms with Crippen molar-refractivity contribution < 1.29 is 18.6 Å². The van der Waals surface area contributed by atoms with Gasteiger partial charge in [0.05, 0.1) is 15.6 Å². The van der Waals surface area contributed by atoms with E-state index in [2.05, 4.69) is 44.6 Å². The van der Waals surface area contributed by atoms with Gasteiger partial charge in [-0.25, -0.2) is 8.78 Å². The predicted octanol–water partition coefficient (Wildman–Crippen LogP) is 4.52. The summed E-state index contributed by atoms with van der Waals surface area (Å²) in [5, 5.41) is 10.9. The molecule has 33 heavy (non-hydrogen) atoms. The monoisotopic (exact) mass is 524 g/mol. The van der Waals surface area contributed by atoms with Crippen molar-refractivity contribution in [3.63, 3.8) is 0 Å². The van der Waals surface area contributed by atoms with E-state index in [1.165, 1.54) is 6.07 Å². The normalized spacial score (nSPS) is 32.5. The third kappa shape index (κ3) is 4.21. The fraction of sp³-hybridized carbons (Fsp3) is 0.667. The molecule has 3 saturated heterocycles. The summed E-state index contributed by atoms with van der Waals surface area (Å²) in [5.74, 6) is 0.110. The lowest BCUT2D eigenvalue weighted by molar-refractivity contribution is 0.0447. The van der Waals surface area contributed by atoms with Crippen molar-refractivity contribution >= 4 is 32.7 Å². The van der Waals surface area contributed by atoms with Crippen molar-refractivity contribution in [2.24, 2.45) is 11.8 Å². The van der Waals surface area contributed by atoms with Gasteiger partial charge in [-0.1, -0.05) is 13.8 Å². The van der Waals surface area contributed by atoms with Crippen LogP contribution in [0.2, 0.25) is 0 Å². The maximum Gasteiger partial charge on any atom is 0.319 e. The maximum absolute atomic E-state index is 15.1. The van der Waals surface area contributed by atoms with E-state index in [0.717, 1.165) is 32.4 Å². The lowest BCUT2D eigenvalue weighted by atomic mass is 9.89. The van der Waals surface area contributed by atoms with E-state index in [1.807, 2.05) is 4.90 Å². The lowest BCUT2D eigenvalue weighted by Crippen LogP contribution is -2.46. The molecule has 3 fully saturated rings. The van der Waals surface area contributed by atoms with Gasteiger partial charge in [0.25, 0.3) is 0 Å². The number of anilines is 1. The summed E-state index contributed by atoms with van der Waals surface area (Å²) in [6, 6.07) is 1.34. The zero-order valence-electron chi connectivity index (χ0n) is 19.4. The van der Waals surface area contributed by atoms with Gasteiger partial charge in [0, 0.05) is 31.6 Å². The fourth-order valence-electron chi connectivity index (χ4n) is 6.23. The number of benzene rings is 1. The van der Waals surface area contributed by atoms with Crippen molar-refractivity contribution in [1.82, 2.24) is 14.9 Å². The Morgan fingerprint density at radius 2 is 1.91 bits per heavy atom. The fourth-order valence-corrected chi connectivity index (χ4v) is 6.54. The van der Waals surface area contributed by atoms with Gasteiger partial charge in [0.15, 0.2) is 5.82 Å². The third-order valence-electron chi connectivity index (χ3n) is 7.42. The zero-order chi connectivity index (χ0) is 23.5. The van der Waals surface area contributed by atoms with Gasteiger partial charge in [-0.05, 0) is 66.4 Å². The van der Waals surface area contributed by atoms with Gasteiger partial charge >= 0.3 is 6.01 Å². The molecule has 1 aromatic carbocycles. The molecule has 3 atom stereocenters. The Bertz CT molecular complexity index is 1070. The Morgan fingerprint density at radius 3 is 2.58 bits per heavy atom. The van der Waals surface area contributed by atoms with Crippen LogP contribution in [0.3, 0.4) is 0 Å². The average molecular weight is 525 g/mol. The number of aliphatic hydroxyl groups is 1. The topological polar surface area (TPSA) is 61.7 Å². The first-order chi connectivity index (χ1) is 15.6. The Balaban J connectivity index is 1.53. The van der Waals surface area contributed by atoms with Crippen molar-refractivity contribution in [3.8, 4) is 6.01 Å². The Morgan fingerprint density at radius 1 is 1.21 bits per heavy atom. The molecule has 0 aliphatic carbocycles. The van der Waals surface area contributed by atoms with Crippen LogP contribution in [0, 0.1) is 23.5 Å². The summed E-state index contributed by atoms with van der Waals surface area (Å²) >= 11 is 2.99. The van der Waals surface area contributed by atoms with Crippen LogP contribution in [-0.2, 0) is 0 Å². The number of ether oxygens (including phenoxy) is 1. The predicted molar refractivity (Wildman–Crippen MR) is 127 cm³/mol. The number of aromatic nitrogens is 2. The van der Waals surface area contributed by atoms with Crippen LogP contribution < -0.4 is 9.64 Å². The smallest absolute Gasteiger partial charge is 0.319 e. The van der Waals surface area contributed by atoms with Gasteiger partial charge in [0.2, 0.25) is 0 Å². The number of fused-ring (bicyclic) bond motifs is 2. The molecule has 5 rings (SSSR count). The zero-order valence-corrected chi connectivity index (χ0v) is 21.0. The molecule has 3 aliphatic rings. The first kappa shape index (κ1) is 23.2. The molecular formula is C24H31BrF2N4O2. The first-order valence-corrected chi connectivity index (χ1v) is 12.6. The third-order valence-corrected chi connectivity index (χ3v) is 8.15. The molecule has 1 aromatic heterocycles. The second-order valence-electron chi connectivity index (χ2n) is 10.8. The van der Waals surface area contributed by atoms with Crippen LogP contribution in [0.4, 0.5) is 14.6 Å². The maximum atomic E-state index is 15.1. The minimum absolute atomic E-state index is 0.0161. The van der Waals surface area contributed by atoms with Crippen LogP contribution >= 0.6 is 15.9 Å². The molecule has 0 spiro atoms. The number of rotatable bonds is 4. The molecule has 0 bridgehead atoms. The lowest BCUT2D eigenvalue weighted by Gasteiger charge is -2.38. The van der Waals surface area contributed by atoms with E-state index in [1.54, 1.807) is 6.92 Å². The Kier molecular flexibility index (Phi) is 5.81. The Labute approximate surface area is 201 Å². The minimum atomic E-state index is -0.900. The quantitative estimate of drug-likeness (QED) is 0.593. The van der Waals surface area contributed by atoms with Gasteiger partial charge in [0.1, 0.15) is 23.8 Å². The molecule has 0 radical (unpaired) electrons. The number of hydrogen-bond donors (Lipinski definition) is 1. The van der Waals surface area contributed by atoms with Crippen LogP contribution in [0.15, 0.2) is 10.5 Å². The van der Waals surface area contributed by atoms with Crippen molar-refractivity contribution in [2.45, 2.75) is 57.6 Å². The van der Waals surface area contributed by atoms with Crippen LogP contribution in [0.25, 0.3) is 10.9 Å². The van der Waals surface area contributed by atoms with Crippen molar-refractivity contribution in [3.05, 3.63) is 22.2 Å². The summed E-state index contributed by atoms with van der Waals surface area (Å²) < 4.78 is 35.4. The molecule has 6 nitrogen and oxygen atoms in total. The molecule has 2 aromatic rings. The highest BCUT2D eigenvalue weighted by Gasteiger charge is 2.50. The van der Waals surface area contributed by atoms with Crippen LogP contribution in [-0.4, -0.2) is 63.9 Å². The average Bonchev–Trinajstić information content (AvgIpc) is 3.20. The highest BCUT2D eigenvalue weighted by Crippen LogP contribution is 2.44. The SMILES string of the molecule is CC1CN2CC(C)CC2(COc2nc(N3CCC[C@@](C)(O)C3)c3cc(F)c(Br)c(F)c3n2)C1. The van der Waals surface area contributed by atoms with E-state index in [0.29, 0.717) is 43.8 Å². The Hall–Kier alpha value is -1.58. The first-order valence-electron chi connectivity index (χ1n) is 11.8. The molecule has 180 valence electrons. The van der Waals surface area contributed by atoms with E-state index >= 15 is 4.39 Å². The van der Waals surface area contributed by atoms with Crippen LogP contribution in [0.5, 0.6) is 6.01 Å². The van der Waals surface area contributed by atoms with Crippen molar-refractivity contribution in [1.29, 1.82) is 0 Å². The summed E-state index contributed by atoms with van der Waals surface area (Å²) in [6.07, 6.45) is 3.53. The molecule has 4 heterocycles. The molecule has 9 heteroatoms.